The van der Waals surface area contributed by atoms with Gasteiger partial charge in [0.05, 0.1) is 12.0 Å². The van der Waals surface area contributed by atoms with Crippen LogP contribution in [0.3, 0.4) is 0 Å². The van der Waals surface area contributed by atoms with Gasteiger partial charge in [0.1, 0.15) is 5.75 Å². The molecule has 0 aliphatic carbocycles. The molecule has 1 aromatic rings. The molecular weight excluding hydrogens is 244 g/mol. The Morgan fingerprint density at radius 2 is 2.00 bits per heavy atom. The van der Waals surface area contributed by atoms with E-state index in [1.54, 1.807) is 0 Å². The van der Waals surface area contributed by atoms with Crippen molar-refractivity contribution in [2.24, 2.45) is 0 Å². The summed E-state index contributed by atoms with van der Waals surface area (Å²) in [6.07, 6.45) is 0. The van der Waals surface area contributed by atoms with Gasteiger partial charge in [-0.25, -0.2) is 4.79 Å². The van der Waals surface area contributed by atoms with Crippen molar-refractivity contribution in [3.63, 3.8) is 0 Å². The lowest BCUT2D eigenvalue weighted by Gasteiger charge is -2.05. The SMILES string of the molecule is C=C(C)C(=O)Oc1cccc(S(=O)(=O)OC)c1. The van der Waals surface area contributed by atoms with Gasteiger partial charge >= 0.3 is 5.97 Å². The van der Waals surface area contributed by atoms with Crippen LogP contribution in [0.5, 0.6) is 5.75 Å². The van der Waals surface area contributed by atoms with Crippen molar-refractivity contribution < 1.29 is 22.1 Å². The van der Waals surface area contributed by atoms with E-state index in [9.17, 15) is 13.2 Å². The molecule has 17 heavy (non-hydrogen) atoms. The fourth-order valence-electron chi connectivity index (χ4n) is 0.984. The summed E-state index contributed by atoms with van der Waals surface area (Å²) >= 11 is 0. The number of benzene rings is 1. The molecule has 1 rings (SSSR count). The Balaban J connectivity index is 3.03. The average Bonchev–Trinajstić information content (AvgIpc) is 2.29. The molecule has 0 bridgehead atoms. The largest absolute Gasteiger partial charge is 0.423 e. The van der Waals surface area contributed by atoms with Gasteiger partial charge in [0.15, 0.2) is 0 Å². The molecule has 0 amide bonds. The predicted molar refractivity (Wildman–Crippen MR) is 61.1 cm³/mol. The molecule has 0 aliphatic rings. The van der Waals surface area contributed by atoms with Crippen LogP contribution in [0.1, 0.15) is 6.92 Å². The van der Waals surface area contributed by atoms with E-state index in [4.69, 9.17) is 4.74 Å². The first-order chi connectivity index (χ1) is 7.86. The highest BCUT2D eigenvalue weighted by molar-refractivity contribution is 7.86. The quantitative estimate of drug-likeness (QED) is 0.353. The van der Waals surface area contributed by atoms with E-state index in [-0.39, 0.29) is 16.2 Å². The Hall–Kier alpha value is -1.66. The first kappa shape index (κ1) is 13.4. The van der Waals surface area contributed by atoms with Crippen LogP contribution < -0.4 is 4.74 Å². The molecule has 0 unspecified atom stereocenters. The summed E-state index contributed by atoms with van der Waals surface area (Å²) in [5, 5.41) is 0. The minimum atomic E-state index is -3.79. The molecule has 0 spiro atoms. The lowest BCUT2D eigenvalue weighted by molar-refractivity contribution is -0.130. The normalized spacial score (nSPS) is 10.9. The van der Waals surface area contributed by atoms with Crippen molar-refractivity contribution >= 4 is 16.1 Å². The zero-order valence-corrected chi connectivity index (χ0v) is 10.3. The van der Waals surface area contributed by atoms with Crippen LogP contribution in [0.25, 0.3) is 0 Å². The minimum absolute atomic E-state index is 0.0768. The summed E-state index contributed by atoms with van der Waals surface area (Å²) < 4.78 is 32.0. The maximum Gasteiger partial charge on any atom is 0.338 e. The predicted octanol–water partition coefficient (Wildman–Crippen LogP) is 1.50. The van der Waals surface area contributed by atoms with E-state index in [2.05, 4.69) is 10.8 Å². The molecule has 92 valence electrons. The van der Waals surface area contributed by atoms with E-state index >= 15 is 0 Å². The molecule has 6 heteroatoms. The first-order valence-electron chi connectivity index (χ1n) is 4.65. The molecule has 0 heterocycles. The van der Waals surface area contributed by atoms with Crippen LogP contribution in [0, 0.1) is 0 Å². The highest BCUT2D eigenvalue weighted by atomic mass is 32.2. The third kappa shape index (κ3) is 3.40. The Labute approximate surface area is 99.8 Å². The lowest BCUT2D eigenvalue weighted by atomic mass is 10.3. The second-order valence-corrected chi connectivity index (χ2v) is 4.98. The fraction of sp³-hybridized carbons (Fsp3) is 0.182. The minimum Gasteiger partial charge on any atom is -0.423 e. The van der Waals surface area contributed by atoms with Crippen LogP contribution in [0.15, 0.2) is 41.3 Å². The summed E-state index contributed by atoms with van der Waals surface area (Å²) in [7, 11) is -2.73. The standard InChI is InChI=1S/C11H12O5S/c1-8(2)11(12)16-9-5-4-6-10(7-9)17(13,14)15-3/h4-7H,1H2,2-3H3. The molecular formula is C11H12O5S. The smallest absolute Gasteiger partial charge is 0.338 e. The molecule has 0 atom stereocenters. The molecule has 0 N–H and O–H groups in total. The molecule has 1 aromatic carbocycles. The molecule has 0 aromatic heterocycles. The average molecular weight is 256 g/mol. The van der Waals surface area contributed by atoms with Gasteiger partial charge < -0.3 is 4.74 Å². The van der Waals surface area contributed by atoms with Gasteiger partial charge in [0.25, 0.3) is 10.1 Å². The summed E-state index contributed by atoms with van der Waals surface area (Å²) in [6, 6.07) is 5.47. The van der Waals surface area contributed by atoms with Crippen molar-refractivity contribution in [1.29, 1.82) is 0 Å². The highest BCUT2D eigenvalue weighted by Gasteiger charge is 2.14. The Kier molecular flexibility index (Phi) is 4.03. The highest BCUT2D eigenvalue weighted by Crippen LogP contribution is 2.19. The van der Waals surface area contributed by atoms with Crippen molar-refractivity contribution in [3.05, 3.63) is 36.4 Å². The monoisotopic (exact) mass is 256 g/mol. The maximum atomic E-state index is 11.4. The molecule has 5 nitrogen and oxygen atoms in total. The molecule has 0 fully saturated rings. The van der Waals surface area contributed by atoms with E-state index < -0.39 is 16.1 Å². The third-order valence-corrected chi connectivity index (χ3v) is 3.14. The Bertz CT molecular complexity index is 545. The summed E-state index contributed by atoms with van der Waals surface area (Å²) in [6.45, 7) is 4.92. The molecule has 0 saturated heterocycles. The van der Waals surface area contributed by atoms with E-state index in [0.29, 0.717) is 0 Å². The van der Waals surface area contributed by atoms with Gasteiger partial charge in [0, 0.05) is 11.6 Å². The Morgan fingerprint density at radius 1 is 1.35 bits per heavy atom. The summed E-state index contributed by atoms with van der Waals surface area (Å²) in [4.78, 5) is 11.2. The second-order valence-electron chi connectivity index (χ2n) is 3.27. The number of ether oxygens (including phenoxy) is 1. The molecule has 0 aliphatic heterocycles. The fourth-order valence-corrected chi connectivity index (χ4v) is 1.68. The van der Waals surface area contributed by atoms with Gasteiger partial charge in [-0.05, 0) is 19.1 Å². The van der Waals surface area contributed by atoms with Crippen LogP contribution in [-0.4, -0.2) is 21.5 Å². The van der Waals surface area contributed by atoms with Gasteiger partial charge in [-0.3, -0.25) is 4.18 Å². The van der Waals surface area contributed by atoms with E-state index in [1.807, 2.05) is 0 Å². The number of carbonyl (C=O) groups is 1. The Morgan fingerprint density at radius 3 is 2.53 bits per heavy atom. The number of hydrogen-bond acceptors (Lipinski definition) is 5. The van der Waals surface area contributed by atoms with Crippen molar-refractivity contribution in [2.75, 3.05) is 7.11 Å². The van der Waals surface area contributed by atoms with Crippen LogP contribution in [0.4, 0.5) is 0 Å². The zero-order valence-electron chi connectivity index (χ0n) is 9.47. The summed E-state index contributed by atoms with van der Waals surface area (Å²) in [5.41, 5.74) is 0.227. The lowest BCUT2D eigenvalue weighted by Crippen LogP contribution is -2.09. The van der Waals surface area contributed by atoms with E-state index in [0.717, 1.165) is 7.11 Å². The van der Waals surface area contributed by atoms with Crippen molar-refractivity contribution in [3.8, 4) is 5.75 Å². The number of esters is 1. The van der Waals surface area contributed by atoms with Crippen LogP contribution in [0.2, 0.25) is 0 Å². The van der Waals surface area contributed by atoms with Gasteiger partial charge in [-0.15, -0.1) is 0 Å². The molecule has 0 radical (unpaired) electrons. The molecule has 0 saturated carbocycles. The van der Waals surface area contributed by atoms with Crippen molar-refractivity contribution in [1.82, 2.24) is 0 Å². The number of carbonyl (C=O) groups excluding carboxylic acids is 1. The van der Waals surface area contributed by atoms with E-state index in [1.165, 1.54) is 31.2 Å². The first-order valence-corrected chi connectivity index (χ1v) is 6.06. The second kappa shape index (κ2) is 5.11. The zero-order chi connectivity index (χ0) is 13.1. The van der Waals surface area contributed by atoms with Gasteiger partial charge in [-0.2, -0.15) is 8.42 Å². The number of hydrogen-bond donors (Lipinski definition) is 0. The number of rotatable bonds is 4. The van der Waals surface area contributed by atoms with Crippen LogP contribution in [-0.2, 0) is 19.1 Å². The topological polar surface area (TPSA) is 69.7 Å². The van der Waals surface area contributed by atoms with Crippen LogP contribution >= 0.6 is 0 Å². The van der Waals surface area contributed by atoms with Crippen molar-refractivity contribution in [2.45, 2.75) is 11.8 Å². The van der Waals surface area contributed by atoms with Gasteiger partial charge in [0.2, 0.25) is 0 Å². The third-order valence-electron chi connectivity index (χ3n) is 1.87. The van der Waals surface area contributed by atoms with Gasteiger partial charge in [-0.1, -0.05) is 12.6 Å². The maximum absolute atomic E-state index is 11.4. The summed E-state index contributed by atoms with van der Waals surface area (Å²) in [5.74, 6) is -0.493.